The van der Waals surface area contributed by atoms with E-state index in [9.17, 15) is 4.79 Å². The first kappa shape index (κ1) is 10.2. The van der Waals surface area contributed by atoms with Gasteiger partial charge < -0.3 is 4.74 Å². The fourth-order valence-electron chi connectivity index (χ4n) is 0.956. The molecule has 3 heteroatoms. The molecule has 0 aromatic heterocycles. The van der Waals surface area contributed by atoms with Crippen LogP contribution in [-0.2, 0) is 4.74 Å². The van der Waals surface area contributed by atoms with Crippen molar-refractivity contribution < 1.29 is 9.53 Å². The first-order valence-electron chi connectivity index (χ1n) is 3.97. The van der Waals surface area contributed by atoms with Gasteiger partial charge in [0.1, 0.15) is 6.10 Å². The molecule has 70 valence electrons. The molecule has 0 unspecified atom stereocenters. The molecular formula is C10H11ClO2. The Morgan fingerprint density at radius 1 is 1.38 bits per heavy atom. The number of carbonyl (C=O) groups is 1. The summed E-state index contributed by atoms with van der Waals surface area (Å²) < 4.78 is 4.91. The summed E-state index contributed by atoms with van der Waals surface area (Å²) in [6.45, 7) is 1.72. The van der Waals surface area contributed by atoms with Crippen LogP contribution < -0.4 is 0 Å². The molecule has 13 heavy (non-hydrogen) atoms. The first-order chi connectivity index (χ1) is 6.15. The molecule has 0 fully saturated rings. The van der Waals surface area contributed by atoms with Crippen molar-refractivity contribution in [3.8, 4) is 0 Å². The van der Waals surface area contributed by atoms with Crippen molar-refractivity contribution in [3.05, 3.63) is 34.9 Å². The number of rotatable bonds is 3. The van der Waals surface area contributed by atoms with Crippen molar-refractivity contribution >= 4 is 17.4 Å². The normalized spacial score (nSPS) is 12.5. The second-order valence-corrected chi connectivity index (χ2v) is 3.19. The lowest BCUT2D eigenvalue weighted by Crippen LogP contribution is -2.18. The molecule has 0 N–H and O–H groups in total. The van der Waals surface area contributed by atoms with E-state index in [-0.39, 0.29) is 5.78 Å². The summed E-state index contributed by atoms with van der Waals surface area (Å²) >= 11 is 5.69. The molecule has 1 aromatic rings. The molecule has 1 rings (SSSR count). The highest BCUT2D eigenvalue weighted by atomic mass is 35.5. The molecule has 2 nitrogen and oxygen atoms in total. The maximum absolute atomic E-state index is 11.5. The second kappa shape index (κ2) is 4.40. The standard InChI is InChI=1S/C10H11ClO2/c1-7(13-2)10(12)8-3-5-9(11)6-4-8/h3-7H,1-2H3/t7-/m1/s1. The first-order valence-corrected chi connectivity index (χ1v) is 4.35. The molecule has 0 radical (unpaired) electrons. The zero-order chi connectivity index (χ0) is 9.84. The molecule has 0 bridgehead atoms. The number of ether oxygens (including phenoxy) is 1. The molecule has 1 atom stereocenters. The van der Waals surface area contributed by atoms with Gasteiger partial charge >= 0.3 is 0 Å². The van der Waals surface area contributed by atoms with E-state index in [1.165, 1.54) is 7.11 Å². The zero-order valence-electron chi connectivity index (χ0n) is 7.58. The van der Waals surface area contributed by atoms with Gasteiger partial charge in [0.05, 0.1) is 0 Å². The minimum atomic E-state index is -0.402. The van der Waals surface area contributed by atoms with Crippen LogP contribution in [0.5, 0.6) is 0 Å². The monoisotopic (exact) mass is 198 g/mol. The Morgan fingerprint density at radius 3 is 2.38 bits per heavy atom. The van der Waals surface area contributed by atoms with Gasteiger partial charge in [0, 0.05) is 17.7 Å². The summed E-state index contributed by atoms with van der Waals surface area (Å²) in [5, 5.41) is 0.626. The third kappa shape index (κ3) is 2.54. The average Bonchev–Trinajstić information content (AvgIpc) is 2.17. The van der Waals surface area contributed by atoms with E-state index >= 15 is 0 Å². The summed E-state index contributed by atoms with van der Waals surface area (Å²) in [6, 6.07) is 6.77. The van der Waals surface area contributed by atoms with E-state index in [0.717, 1.165) is 0 Å². The molecule has 0 saturated heterocycles. The van der Waals surface area contributed by atoms with E-state index in [2.05, 4.69) is 0 Å². The lowest BCUT2D eigenvalue weighted by molar-refractivity contribution is 0.0655. The number of ketones is 1. The Hall–Kier alpha value is -0.860. The van der Waals surface area contributed by atoms with E-state index in [4.69, 9.17) is 16.3 Å². The van der Waals surface area contributed by atoms with Gasteiger partial charge in [0.15, 0.2) is 5.78 Å². The van der Waals surface area contributed by atoms with Crippen LogP contribution in [0.25, 0.3) is 0 Å². The van der Waals surface area contributed by atoms with Crippen molar-refractivity contribution in [1.29, 1.82) is 0 Å². The van der Waals surface area contributed by atoms with Crippen LogP contribution in [0.3, 0.4) is 0 Å². The fraction of sp³-hybridized carbons (Fsp3) is 0.300. The van der Waals surface area contributed by atoms with E-state index in [1.807, 2.05) is 0 Å². The van der Waals surface area contributed by atoms with Crippen LogP contribution >= 0.6 is 11.6 Å². The predicted molar refractivity (Wildman–Crippen MR) is 52.3 cm³/mol. The van der Waals surface area contributed by atoms with Gasteiger partial charge in [-0.25, -0.2) is 0 Å². The predicted octanol–water partition coefficient (Wildman–Crippen LogP) is 2.56. The van der Waals surface area contributed by atoms with Gasteiger partial charge in [-0.2, -0.15) is 0 Å². The molecule has 0 aliphatic heterocycles. The lowest BCUT2D eigenvalue weighted by Gasteiger charge is -2.07. The Balaban J connectivity index is 2.83. The highest BCUT2D eigenvalue weighted by molar-refractivity contribution is 6.30. The van der Waals surface area contributed by atoms with E-state index in [0.29, 0.717) is 10.6 Å². The fourth-order valence-corrected chi connectivity index (χ4v) is 1.08. The summed E-state index contributed by atoms with van der Waals surface area (Å²) in [6.07, 6.45) is -0.402. The molecular weight excluding hydrogens is 188 g/mol. The number of halogens is 1. The van der Waals surface area contributed by atoms with Gasteiger partial charge in [-0.15, -0.1) is 0 Å². The third-order valence-electron chi connectivity index (χ3n) is 1.85. The molecule has 1 aromatic carbocycles. The van der Waals surface area contributed by atoms with Crippen molar-refractivity contribution in [3.63, 3.8) is 0 Å². The smallest absolute Gasteiger partial charge is 0.191 e. The summed E-state index contributed by atoms with van der Waals surface area (Å²) in [4.78, 5) is 11.5. The highest BCUT2D eigenvalue weighted by Crippen LogP contribution is 2.11. The van der Waals surface area contributed by atoms with Gasteiger partial charge in [-0.3, -0.25) is 4.79 Å². The van der Waals surface area contributed by atoms with Crippen molar-refractivity contribution in [2.75, 3.05) is 7.11 Å². The molecule has 0 saturated carbocycles. The van der Waals surface area contributed by atoms with Crippen LogP contribution in [0.2, 0.25) is 5.02 Å². The Labute approximate surface area is 82.5 Å². The Morgan fingerprint density at radius 2 is 1.92 bits per heavy atom. The van der Waals surface area contributed by atoms with Crippen molar-refractivity contribution in [2.45, 2.75) is 13.0 Å². The lowest BCUT2D eigenvalue weighted by atomic mass is 10.1. The Kier molecular flexibility index (Phi) is 3.46. The number of Topliss-reactive ketones (excluding diaryl/α,β-unsaturated/α-hetero) is 1. The van der Waals surface area contributed by atoms with Gasteiger partial charge in [-0.1, -0.05) is 11.6 Å². The van der Waals surface area contributed by atoms with Gasteiger partial charge in [0.25, 0.3) is 0 Å². The number of methoxy groups -OCH3 is 1. The van der Waals surface area contributed by atoms with Crippen LogP contribution in [0.4, 0.5) is 0 Å². The van der Waals surface area contributed by atoms with Crippen LogP contribution in [0, 0.1) is 0 Å². The Bertz CT molecular complexity index is 292. The summed E-state index contributed by atoms with van der Waals surface area (Å²) in [7, 11) is 1.51. The molecule has 0 aliphatic carbocycles. The minimum absolute atomic E-state index is 0.0285. The van der Waals surface area contributed by atoms with Crippen molar-refractivity contribution in [1.82, 2.24) is 0 Å². The number of benzene rings is 1. The highest BCUT2D eigenvalue weighted by Gasteiger charge is 2.13. The number of hydrogen-bond donors (Lipinski definition) is 0. The number of carbonyl (C=O) groups excluding carboxylic acids is 1. The SMILES string of the molecule is CO[C@H](C)C(=O)c1ccc(Cl)cc1. The largest absolute Gasteiger partial charge is 0.374 e. The average molecular weight is 199 g/mol. The molecule has 0 amide bonds. The van der Waals surface area contributed by atoms with Gasteiger partial charge in [0.2, 0.25) is 0 Å². The minimum Gasteiger partial charge on any atom is -0.374 e. The zero-order valence-corrected chi connectivity index (χ0v) is 8.34. The second-order valence-electron chi connectivity index (χ2n) is 2.75. The van der Waals surface area contributed by atoms with E-state index in [1.54, 1.807) is 31.2 Å². The summed E-state index contributed by atoms with van der Waals surface area (Å²) in [5.74, 6) is -0.0285. The van der Waals surface area contributed by atoms with Crippen molar-refractivity contribution in [2.24, 2.45) is 0 Å². The summed E-state index contributed by atoms with van der Waals surface area (Å²) in [5.41, 5.74) is 0.624. The van der Waals surface area contributed by atoms with Crippen LogP contribution in [0.1, 0.15) is 17.3 Å². The van der Waals surface area contributed by atoms with E-state index < -0.39 is 6.10 Å². The van der Waals surface area contributed by atoms with Crippen LogP contribution in [-0.4, -0.2) is 19.0 Å². The number of hydrogen-bond acceptors (Lipinski definition) is 2. The van der Waals surface area contributed by atoms with Crippen LogP contribution in [0.15, 0.2) is 24.3 Å². The molecule has 0 spiro atoms. The molecule has 0 aliphatic rings. The topological polar surface area (TPSA) is 26.3 Å². The third-order valence-corrected chi connectivity index (χ3v) is 2.10. The maximum atomic E-state index is 11.5. The van der Waals surface area contributed by atoms with Gasteiger partial charge in [-0.05, 0) is 31.2 Å². The quantitative estimate of drug-likeness (QED) is 0.698. The maximum Gasteiger partial charge on any atom is 0.191 e. The molecule has 0 heterocycles.